The molecule has 0 aliphatic carbocycles. The number of aliphatic imine (C=N–C) groups is 1. The van der Waals surface area contributed by atoms with Crippen LogP contribution in [0.1, 0.15) is 11.1 Å². The van der Waals surface area contributed by atoms with Crippen LogP contribution >= 0.6 is 24.0 Å². The summed E-state index contributed by atoms with van der Waals surface area (Å²) in [7, 11) is 3.00. The van der Waals surface area contributed by atoms with Crippen molar-refractivity contribution in [2.24, 2.45) is 4.99 Å². The first-order valence-corrected chi connectivity index (χ1v) is 8.33. The van der Waals surface area contributed by atoms with Gasteiger partial charge in [0.25, 0.3) is 0 Å². The van der Waals surface area contributed by atoms with E-state index in [4.69, 9.17) is 4.74 Å². The summed E-state index contributed by atoms with van der Waals surface area (Å²) < 4.78 is 48.1. The molecule has 0 fully saturated rings. The lowest BCUT2D eigenvalue weighted by Crippen LogP contribution is -2.38. The second-order valence-corrected chi connectivity index (χ2v) is 5.56. The summed E-state index contributed by atoms with van der Waals surface area (Å²) in [4.78, 5) is 4.08. The molecule has 154 valence electrons. The van der Waals surface area contributed by atoms with Gasteiger partial charge in [-0.2, -0.15) is 8.78 Å². The molecule has 0 aliphatic rings. The number of guanidine groups is 1. The Morgan fingerprint density at radius 2 is 1.86 bits per heavy atom. The third-order valence-corrected chi connectivity index (χ3v) is 3.78. The fourth-order valence-corrected chi connectivity index (χ4v) is 2.43. The first kappa shape index (κ1) is 23.9. The number of nitrogens with one attached hydrogen (secondary N) is 2. The number of hydrogen-bond acceptors (Lipinski definition) is 3. The van der Waals surface area contributed by atoms with E-state index in [0.29, 0.717) is 31.0 Å². The minimum atomic E-state index is -2.92. The molecule has 9 heteroatoms. The van der Waals surface area contributed by atoms with E-state index in [0.717, 1.165) is 5.56 Å². The second kappa shape index (κ2) is 12.3. The topological polar surface area (TPSA) is 54.9 Å². The lowest BCUT2D eigenvalue weighted by Gasteiger charge is -2.14. The quantitative estimate of drug-likeness (QED) is 0.322. The first-order valence-electron chi connectivity index (χ1n) is 8.33. The SMILES string of the molecule is CN=C(NCCc1ccc(OC)c(OC(F)F)c1)NCc1ccccc1F.I. The number of halogens is 4. The summed E-state index contributed by atoms with van der Waals surface area (Å²) >= 11 is 0. The molecule has 0 bridgehead atoms. The van der Waals surface area contributed by atoms with Gasteiger partial charge in [-0.25, -0.2) is 4.39 Å². The standard InChI is InChI=1S/C19H22F3N3O2.HI/c1-23-19(25-12-14-5-3-4-6-15(14)20)24-10-9-13-7-8-16(26-2)17(11-13)27-18(21)22;/h3-8,11,18H,9-10,12H2,1-2H3,(H2,23,24,25);1H. The van der Waals surface area contributed by atoms with Gasteiger partial charge in [0.2, 0.25) is 0 Å². The minimum absolute atomic E-state index is 0. The van der Waals surface area contributed by atoms with E-state index < -0.39 is 6.61 Å². The fraction of sp³-hybridized carbons (Fsp3) is 0.316. The molecule has 2 aromatic rings. The van der Waals surface area contributed by atoms with Gasteiger partial charge in [0.05, 0.1) is 7.11 Å². The van der Waals surface area contributed by atoms with Crippen LogP contribution in [0.3, 0.4) is 0 Å². The molecule has 0 heterocycles. The molecule has 2 N–H and O–H groups in total. The summed E-state index contributed by atoms with van der Waals surface area (Å²) in [5.41, 5.74) is 1.33. The summed E-state index contributed by atoms with van der Waals surface area (Å²) in [6.45, 7) is -2.13. The van der Waals surface area contributed by atoms with Gasteiger partial charge in [0.1, 0.15) is 5.82 Å². The number of nitrogens with zero attached hydrogens (tertiary/aromatic N) is 1. The molecule has 0 radical (unpaired) electrons. The van der Waals surface area contributed by atoms with Crippen LogP contribution in [0.15, 0.2) is 47.5 Å². The van der Waals surface area contributed by atoms with Crippen LogP contribution in [-0.4, -0.2) is 33.3 Å². The second-order valence-electron chi connectivity index (χ2n) is 5.56. The number of hydrogen-bond donors (Lipinski definition) is 2. The van der Waals surface area contributed by atoms with Gasteiger partial charge in [-0.1, -0.05) is 24.3 Å². The number of rotatable bonds is 8. The van der Waals surface area contributed by atoms with E-state index in [2.05, 4.69) is 20.4 Å². The molecule has 28 heavy (non-hydrogen) atoms. The number of ether oxygens (including phenoxy) is 2. The van der Waals surface area contributed by atoms with Crippen molar-refractivity contribution >= 4 is 29.9 Å². The maximum atomic E-state index is 13.6. The lowest BCUT2D eigenvalue weighted by molar-refractivity contribution is -0.0512. The van der Waals surface area contributed by atoms with Crippen LogP contribution in [0.4, 0.5) is 13.2 Å². The Labute approximate surface area is 179 Å². The van der Waals surface area contributed by atoms with Crippen molar-refractivity contribution in [2.75, 3.05) is 20.7 Å². The van der Waals surface area contributed by atoms with Crippen molar-refractivity contribution in [3.63, 3.8) is 0 Å². The van der Waals surface area contributed by atoms with Crippen molar-refractivity contribution in [3.8, 4) is 11.5 Å². The van der Waals surface area contributed by atoms with Crippen molar-refractivity contribution < 1.29 is 22.6 Å². The third kappa shape index (κ3) is 7.45. The van der Waals surface area contributed by atoms with Crippen LogP contribution in [0, 0.1) is 5.82 Å². The van der Waals surface area contributed by atoms with Gasteiger partial charge >= 0.3 is 6.61 Å². The number of methoxy groups -OCH3 is 1. The lowest BCUT2D eigenvalue weighted by atomic mass is 10.1. The highest BCUT2D eigenvalue weighted by atomic mass is 127. The smallest absolute Gasteiger partial charge is 0.387 e. The van der Waals surface area contributed by atoms with Crippen molar-refractivity contribution in [1.82, 2.24) is 10.6 Å². The third-order valence-electron chi connectivity index (χ3n) is 3.78. The van der Waals surface area contributed by atoms with Gasteiger partial charge in [-0.3, -0.25) is 4.99 Å². The molecular formula is C19H23F3IN3O2. The number of alkyl halides is 2. The Kier molecular flexibility index (Phi) is 10.5. The minimum Gasteiger partial charge on any atom is -0.493 e. The molecule has 0 spiro atoms. The summed E-state index contributed by atoms with van der Waals surface area (Å²) in [5, 5.41) is 6.12. The van der Waals surface area contributed by atoms with Gasteiger partial charge in [0, 0.05) is 25.7 Å². The van der Waals surface area contributed by atoms with Crippen LogP contribution in [0.25, 0.3) is 0 Å². The maximum Gasteiger partial charge on any atom is 0.387 e. The van der Waals surface area contributed by atoms with Crippen molar-refractivity contribution in [3.05, 3.63) is 59.4 Å². The maximum absolute atomic E-state index is 13.6. The van der Waals surface area contributed by atoms with Crippen LogP contribution in [-0.2, 0) is 13.0 Å². The zero-order chi connectivity index (χ0) is 19.6. The Balaban J connectivity index is 0.00000392. The van der Waals surface area contributed by atoms with Gasteiger partial charge < -0.3 is 20.1 Å². The van der Waals surface area contributed by atoms with E-state index in [9.17, 15) is 13.2 Å². The molecule has 2 aromatic carbocycles. The van der Waals surface area contributed by atoms with E-state index >= 15 is 0 Å². The summed E-state index contributed by atoms with van der Waals surface area (Å²) in [6, 6.07) is 11.4. The highest BCUT2D eigenvalue weighted by Gasteiger charge is 2.11. The normalized spacial score (nSPS) is 11.0. The van der Waals surface area contributed by atoms with E-state index in [1.54, 1.807) is 37.4 Å². The molecule has 0 atom stereocenters. The molecule has 0 amide bonds. The fourth-order valence-electron chi connectivity index (χ4n) is 2.43. The Morgan fingerprint density at radius 1 is 1.11 bits per heavy atom. The van der Waals surface area contributed by atoms with E-state index in [-0.39, 0.29) is 41.3 Å². The molecule has 2 rings (SSSR count). The molecular weight excluding hydrogens is 486 g/mol. The van der Waals surface area contributed by atoms with Crippen LogP contribution < -0.4 is 20.1 Å². The van der Waals surface area contributed by atoms with Crippen molar-refractivity contribution in [1.29, 1.82) is 0 Å². The Hall–Kier alpha value is -2.17. The van der Waals surface area contributed by atoms with Gasteiger partial charge in [0.15, 0.2) is 17.5 Å². The molecule has 0 saturated heterocycles. The average Bonchev–Trinajstić information content (AvgIpc) is 2.65. The summed E-state index contributed by atoms with van der Waals surface area (Å²) in [5.74, 6) is 0.461. The highest BCUT2D eigenvalue weighted by Crippen LogP contribution is 2.29. The Bertz CT molecular complexity index is 776. The van der Waals surface area contributed by atoms with Crippen LogP contribution in [0.2, 0.25) is 0 Å². The number of benzene rings is 2. The first-order chi connectivity index (χ1) is 13.0. The zero-order valence-corrected chi connectivity index (χ0v) is 17.9. The predicted octanol–water partition coefficient (Wildman–Crippen LogP) is 3.96. The Morgan fingerprint density at radius 3 is 2.50 bits per heavy atom. The molecule has 0 aliphatic heterocycles. The highest BCUT2D eigenvalue weighted by molar-refractivity contribution is 14.0. The van der Waals surface area contributed by atoms with Gasteiger partial charge in [-0.05, 0) is 30.2 Å². The average molecular weight is 509 g/mol. The van der Waals surface area contributed by atoms with Crippen LogP contribution in [0.5, 0.6) is 11.5 Å². The van der Waals surface area contributed by atoms with E-state index in [1.165, 1.54) is 19.2 Å². The van der Waals surface area contributed by atoms with Crippen molar-refractivity contribution in [2.45, 2.75) is 19.6 Å². The summed E-state index contributed by atoms with van der Waals surface area (Å²) in [6.07, 6.45) is 0.546. The van der Waals surface area contributed by atoms with Gasteiger partial charge in [-0.15, -0.1) is 24.0 Å². The zero-order valence-electron chi connectivity index (χ0n) is 15.5. The van der Waals surface area contributed by atoms with E-state index in [1.807, 2.05) is 0 Å². The molecule has 5 nitrogen and oxygen atoms in total. The molecule has 0 aromatic heterocycles. The molecule has 0 unspecified atom stereocenters. The predicted molar refractivity (Wildman–Crippen MR) is 113 cm³/mol. The largest absolute Gasteiger partial charge is 0.493 e. The molecule has 0 saturated carbocycles. The monoisotopic (exact) mass is 509 g/mol.